The summed E-state index contributed by atoms with van der Waals surface area (Å²) in [6.07, 6.45) is 5.28. The number of benzene rings is 1. The van der Waals surface area contributed by atoms with E-state index >= 15 is 0 Å². The number of aromatic nitrogens is 2. The Balaban J connectivity index is 1.71. The summed E-state index contributed by atoms with van der Waals surface area (Å²) in [5, 5.41) is 7.37. The molecule has 1 saturated carbocycles. The predicted octanol–water partition coefficient (Wildman–Crippen LogP) is 4.14. The molecule has 1 unspecified atom stereocenters. The average Bonchev–Trinajstić information content (AvgIpc) is 3.41. The Hall–Kier alpha value is -2.54. The van der Waals surface area contributed by atoms with E-state index in [1.54, 1.807) is 18.2 Å². The van der Waals surface area contributed by atoms with Crippen molar-refractivity contribution >= 4 is 23.6 Å². The van der Waals surface area contributed by atoms with Crippen molar-refractivity contribution in [2.24, 2.45) is 5.92 Å². The van der Waals surface area contributed by atoms with E-state index in [0.717, 1.165) is 18.7 Å². The van der Waals surface area contributed by atoms with Gasteiger partial charge < -0.3 is 19.3 Å². The molecule has 0 spiro atoms. The molecular formula is C20H24ClN3O4. The maximum Gasteiger partial charge on any atom is 0.249 e. The second-order valence-corrected chi connectivity index (χ2v) is 7.47. The van der Waals surface area contributed by atoms with Gasteiger partial charge in [-0.25, -0.2) is 0 Å². The van der Waals surface area contributed by atoms with Gasteiger partial charge in [0.1, 0.15) is 6.04 Å². The molecule has 1 aliphatic carbocycles. The van der Waals surface area contributed by atoms with Crippen LogP contribution in [-0.2, 0) is 4.79 Å². The zero-order valence-corrected chi connectivity index (χ0v) is 17.1. The minimum absolute atomic E-state index is 0.0976. The quantitative estimate of drug-likeness (QED) is 0.664. The number of carbonyl (C=O) groups is 1. The van der Waals surface area contributed by atoms with Crippen LogP contribution in [0.2, 0.25) is 5.02 Å². The normalized spacial score (nSPS) is 15.1. The Labute approximate surface area is 169 Å². The van der Waals surface area contributed by atoms with Crippen molar-refractivity contribution in [1.82, 2.24) is 15.5 Å². The summed E-state index contributed by atoms with van der Waals surface area (Å²) in [6.45, 7) is 3.98. The van der Waals surface area contributed by atoms with Gasteiger partial charge in [-0.1, -0.05) is 30.6 Å². The highest BCUT2D eigenvalue weighted by atomic mass is 35.5. The lowest BCUT2D eigenvalue weighted by Gasteiger charge is -2.17. The van der Waals surface area contributed by atoms with E-state index in [0.29, 0.717) is 33.9 Å². The predicted molar refractivity (Wildman–Crippen MR) is 106 cm³/mol. The monoisotopic (exact) mass is 405 g/mol. The Morgan fingerprint density at radius 3 is 2.68 bits per heavy atom. The molecule has 1 atom stereocenters. The molecule has 1 amide bonds. The smallest absolute Gasteiger partial charge is 0.249 e. The zero-order valence-electron chi connectivity index (χ0n) is 16.4. The number of nitrogens with zero attached hydrogens (tertiary/aromatic N) is 2. The molecule has 7 nitrogen and oxygen atoms in total. The van der Waals surface area contributed by atoms with E-state index in [-0.39, 0.29) is 17.9 Å². The summed E-state index contributed by atoms with van der Waals surface area (Å²) in [5.74, 6) is 2.34. The van der Waals surface area contributed by atoms with Gasteiger partial charge in [0, 0.05) is 12.0 Å². The third-order valence-electron chi connectivity index (χ3n) is 4.51. The van der Waals surface area contributed by atoms with Crippen molar-refractivity contribution in [1.29, 1.82) is 0 Å². The van der Waals surface area contributed by atoms with E-state index in [2.05, 4.69) is 15.5 Å². The zero-order chi connectivity index (χ0) is 20.3. The molecule has 150 valence electrons. The van der Waals surface area contributed by atoms with Crippen LogP contribution in [0.1, 0.15) is 55.9 Å². The lowest BCUT2D eigenvalue weighted by molar-refractivity contribution is -0.117. The molecule has 3 rings (SSSR count). The van der Waals surface area contributed by atoms with Crippen LogP contribution in [0, 0.1) is 5.92 Å². The Morgan fingerprint density at radius 1 is 1.32 bits per heavy atom. The van der Waals surface area contributed by atoms with Gasteiger partial charge in [-0.3, -0.25) is 4.79 Å². The minimum Gasteiger partial charge on any atom is -0.493 e. The number of carbonyl (C=O) groups excluding carboxylic acids is 1. The Kier molecular flexibility index (Phi) is 6.24. The van der Waals surface area contributed by atoms with Crippen molar-refractivity contribution in [3.05, 3.63) is 40.5 Å². The van der Waals surface area contributed by atoms with Gasteiger partial charge in [-0.15, -0.1) is 0 Å². The largest absolute Gasteiger partial charge is 0.493 e. The number of amides is 1. The Bertz CT molecular complexity index is 874. The molecule has 1 aliphatic rings. The van der Waals surface area contributed by atoms with Crippen molar-refractivity contribution < 1.29 is 18.8 Å². The number of nitrogens with one attached hydrogen (secondary N) is 1. The van der Waals surface area contributed by atoms with E-state index in [1.807, 2.05) is 13.8 Å². The standard InChI is InChI=1S/C20H24ClN3O4/c1-11(2)17(20-23-19(24-28-20)13-6-7-13)22-16(25)8-5-12-9-14(21)18(27-4)15(10-12)26-3/h5,8-11,13,17H,6-7H2,1-4H3,(H,22,25)/b8-5+. The first-order valence-corrected chi connectivity index (χ1v) is 9.54. The number of methoxy groups -OCH3 is 2. The summed E-state index contributed by atoms with van der Waals surface area (Å²) in [5.41, 5.74) is 0.715. The molecule has 1 fully saturated rings. The number of rotatable bonds is 8. The number of halogens is 1. The van der Waals surface area contributed by atoms with Crippen LogP contribution in [0.5, 0.6) is 11.5 Å². The topological polar surface area (TPSA) is 86.5 Å². The van der Waals surface area contributed by atoms with Gasteiger partial charge in [0.05, 0.1) is 19.2 Å². The second-order valence-electron chi connectivity index (χ2n) is 7.07. The maximum absolute atomic E-state index is 12.4. The molecule has 0 bridgehead atoms. The summed E-state index contributed by atoms with van der Waals surface area (Å²) in [6, 6.07) is 3.09. The molecule has 1 N–H and O–H groups in total. The first kappa shape index (κ1) is 20.2. The van der Waals surface area contributed by atoms with Gasteiger partial charge >= 0.3 is 0 Å². The van der Waals surface area contributed by atoms with Crippen LogP contribution in [0.3, 0.4) is 0 Å². The summed E-state index contributed by atoms with van der Waals surface area (Å²) < 4.78 is 15.9. The fraction of sp³-hybridized carbons (Fsp3) is 0.450. The molecule has 8 heteroatoms. The van der Waals surface area contributed by atoms with Crippen molar-refractivity contribution in [2.75, 3.05) is 14.2 Å². The van der Waals surface area contributed by atoms with Gasteiger partial charge in [0.2, 0.25) is 11.8 Å². The fourth-order valence-electron chi connectivity index (χ4n) is 2.80. The van der Waals surface area contributed by atoms with Crippen LogP contribution in [0.4, 0.5) is 0 Å². The number of hydrogen-bond donors (Lipinski definition) is 1. The number of hydrogen-bond acceptors (Lipinski definition) is 6. The molecule has 2 aromatic rings. The van der Waals surface area contributed by atoms with Crippen molar-refractivity contribution in [3.63, 3.8) is 0 Å². The lowest BCUT2D eigenvalue weighted by atomic mass is 10.0. The maximum atomic E-state index is 12.4. The third-order valence-corrected chi connectivity index (χ3v) is 4.79. The minimum atomic E-state index is -0.355. The first-order valence-electron chi connectivity index (χ1n) is 9.16. The third kappa shape index (κ3) is 4.65. The summed E-state index contributed by atoms with van der Waals surface area (Å²) in [7, 11) is 3.05. The fourth-order valence-corrected chi connectivity index (χ4v) is 3.10. The average molecular weight is 406 g/mol. The molecule has 1 aromatic heterocycles. The summed E-state index contributed by atoms with van der Waals surface area (Å²) >= 11 is 6.20. The van der Waals surface area contributed by atoms with Gasteiger partial charge in [-0.2, -0.15) is 4.98 Å². The second kappa shape index (κ2) is 8.65. The van der Waals surface area contributed by atoms with Crippen LogP contribution >= 0.6 is 11.6 Å². The summed E-state index contributed by atoms with van der Waals surface area (Å²) in [4.78, 5) is 16.9. The van der Waals surface area contributed by atoms with E-state index in [1.165, 1.54) is 20.3 Å². The van der Waals surface area contributed by atoms with Crippen LogP contribution in [0.25, 0.3) is 6.08 Å². The van der Waals surface area contributed by atoms with Crippen molar-refractivity contribution in [3.8, 4) is 11.5 Å². The van der Waals surface area contributed by atoms with Gasteiger partial charge in [0.25, 0.3) is 0 Å². The molecule has 0 radical (unpaired) electrons. The SMILES string of the molecule is COc1cc(/C=C/C(=O)NC(c2nc(C3CC3)no2)C(C)C)cc(Cl)c1OC. The highest BCUT2D eigenvalue weighted by Gasteiger charge is 2.31. The van der Waals surface area contributed by atoms with Gasteiger partial charge in [-0.05, 0) is 42.5 Å². The Morgan fingerprint density at radius 2 is 2.07 bits per heavy atom. The molecule has 0 saturated heterocycles. The first-order chi connectivity index (χ1) is 13.4. The highest BCUT2D eigenvalue weighted by molar-refractivity contribution is 6.32. The van der Waals surface area contributed by atoms with Crippen LogP contribution in [0.15, 0.2) is 22.7 Å². The molecule has 1 heterocycles. The molecule has 28 heavy (non-hydrogen) atoms. The van der Waals surface area contributed by atoms with E-state index in [4.69, 9.17) is 25.6 Å². The van der Waals surface area contributed by atoms with E-state index in [9.17, 15) is 4.79 Å². The van der Waals surface area contributed by atoms with E-state index < -0.39 is 0 Å². The van der Waals surface area contributed by atoms with Crippen LogP contribution < -0.4 is 14.8 Å². The van der Waals surface area contributed by atoms with Crippen molar-refractivity contribution in [2.45, 2.75) is 38.6 Å². The molecular weight excluding hydrogens is 382 g/mol. The van der Waals surface area contributed by atoms with Crippen LogP contribution in [-0.4, -0.2) is 30.3 Å². The molecule has 0 aliphatic heterocycles. The highest BCUT2D eigenvalue weighted by Crippen LogP contribution is 2.39. The number of ether oxygens (including phenoxy) is 2. The van der Waals surface area contributed by atoms with Gasteiger partial charge in [0.15, 0.2) is 17.3 Å². The molecule has 1 aromatic carbocycles. The lowest BCUT2D eigenvalue weighted by Crippen LogP contribution is -2.30.